The Hall–Kier alpha value is -4.25. The van der Waals surface area contributed by atoms with Gasteiger partial charge in [0.15, 0.2) is 5.69 Å². The van der Waals surface area contributed by atoms with Crippen molar-refractivity contribution in [3.8, 4) is 0 Å². The van der Waals surface area contributed by atoms with Gasteiger partial charge >= 0.3 is 5.69 Å². The van der Waals surface area contributed by atoms with Crippen molar-refractivity contribution in [1.29, 1.82) is 0 Å². The van der Waals surface area contributed by atoms with E-state index in [1.165, 1.54) is 32.2 Å². The number of benzene rings is 2. The summed E-state index contributed by atoms with van der Waals surface area (Å²) in [6, 6.07) is 13.1. The van der Waals surface area contributed by atoms with Gasteiger partial charge in [0.2, 0.25) is 0 Å². The number of nitro groups is 1. The number of hydrogen-bond acceptors (Lipinski definition) is 7. The number of nitro benzene ring substituents is 1. The first kappa shape index (κ1) is 23.4. The SMILES string of the molecule is COCCn1c(N)c(N(Cc2ccccc2)C(=O)c2cccc(C)c2[N+](=O)[O-])c(=O)[nH]c1=O. The number of para-hydroxylation sites is 1. The lowest BCUT2D eigenvalue weighted by Crippen LogP contribution is -2.41. The number of methoxy groups -OCH3 is 1. The Morgan fingerprint density at radius 1 is 1.18 bits per heavy atom. The third-order valence-electron chi connectivity index (χ3n) is 5.08. The third-order valence-corrected chi connectivity index (χ3v) is 5.08. The van der Waals surface area contributed by atoms with E-state index >= 15 is 0 Å². The molecule has 172 valence electrons. The van der Waals surface area contributed by atoms with Gasteiger partial charge in [-0.05, 0) is 18.6 Å². The van der Waals surface area contributed by atoms with Crippen LogP contribution in [0.4, 0.5) is 17.2 Å². The number of carbonyl (C=O) groups excluding carboxylic acids is 1. The largest absolute Gasteiger partial charge is 0.383 e. The van der Waals surface area contributed by atoms with Crippen LogP contribution in [0.5, 0.6) is 0 Å². The normalized spacial score (nSPS) is 10.7. The van der Waals surface area contributed by atoms with Crippen molar-refractivity contribution >= 4 is 23.1 Å². The summed E-state index contributed by atoms with van der Waals surface area (Å²) in [6.45, 7) is 1.57. The molecule has 3 rings (SSSR count). The molecule has 0 unspecified atom stereocenters. The molecule has 11 heteroatoms. The number of carbonyl (C=O) groups is 1. The molecule has 0 aliphatic rings. The zero-order chi connectivity index (χ0) is 24.1. The van der Waals surface area contributed by atoms with Gasteiger partial charge in [-0.25, -0.2) is 4.79 Å². The zero-order valence-corrected chi connectivity index (χ0v) is 18.1. The highest BCUT2D eigenvalue weighted by atomic mass is 16.6. The van der Waals surface area contributed by atoms with Gasteiger partial charge in [-0.2, -0.15) is 0 Å². The minimum atomic E-state index is -0.884. The fourth-order valence-corrected chi connectivity index (χ4v) is 3.48. The number of H-pyrrole nitrogens is 1. The molecule has 3 aromatic rings. The molecule has 2 aromatic carbocycles. The highest BCUT2D eigenvalue weighted by Crippen LogP contribution is 2.28. The van der Waals surface area contributed by atoms with E-state index in [9.17, 15) is 24.5 Å². The fourth-order valence-electron chi connectivity index (χ4n) is 3.48. The van der Waals surface area contributed by atoms with Crippen LogP contribution in [0.15, 0.2) is 58.1 Å². The van der Waals surface area contributed by atoms with Crippen molar-refractivity contribution < 1.29 is 14.5 Å². The third kappa shape index (κ3) is 4.83. The van der Waals surface area contributed by atoms with Crippen molar-refractivity contribution in [1.82, 2.24) is 9.55 Å². The first-order valence-corrected chi connectivity index (χ1v) is 9.97. The van der Waals surface area contributed by atoms with Crippen molar-refractivity contribution in [2.75, 3.05) is 24.4 Å². The number of nitrogen functional groups attached to an aromatic ring is 1. The van der Waals surface area contributed by atoms with Crippen LogP contribution < -0.4 is 21.9 Å². The van der Waals surface area contributed by atoms with E-state index in [1.807, 2.05) is 0 Å². The summed E-state index contributed by atoms with van der Waals surface area (Å²) < 4.78 is 6.07. The molecular formula is C22H23N5O6. The highest BCUT2D eigenvalue weighted by Gasteiger charge is 2.31. The number of aromatic amines is 1. The zero-order valence-electron chi connectivity index (χ0n) is 18.1. The summed E-state index contributed by atoms with van der Waals surface area (Å²) in [5.41, 5.74) is 4.62. The molecule has 11 nitrogen and oxygen atoms in total. The Balaban J connectivity index is 2.24. The molecule has 0 bridgehead atoms. The van der Waals surface area contributed by atoms with E-state index in [2.05, 4.69) is 4.98 Å². The Kier molecular flexibility index (Phi) is 7.04. The Bertz CT molecular complexity index is 1300. The van der Waals surface area contributed by atoms with Crippen molar-refractivity contribution in [3.63, 3.8) is 0 Å². The lowest BCUT2D eigenvalue weighted by molar-refractivity contribution is -0.385. The summed E-state index contributed by atoms with van der Waals surface area (Å²) >= 11 is 0. The number of aryl methyl sites for hydroxylation is 1. The first-order valence-electron chi connectivity index (χ1n) is 9.97. The number of aromatic nitrogens is 2. The quantitative estimate of drug-likeness (QED) is 0.389. The number of anilines is 2. The molecule has 3 N–H and O–H groups in total. The van der Waals surface area contributed by atoms with Crippen molar-refractivity contribution in [2.45, 2.75) is 20.0 Å². The van der Waals surface area contributed by atoms with Crippen LogP contribution in [-0.4, -0.2) is 34.1 Å². The maximum atomic E-state index is 13.6. The minimum Gasteiger partial charge on any atom is -0.383 e. The molecule has 1 aromatic heterocycles. The second-order valence-corrected chi connectivity index (χ2v) is 7.24. The van der Waals surface area contributed by atoms with Crippen LogP contribution in [0.2, 0.25) is 0 Å². The van der Waals surface area contributed by atoms with Gasteiger partial charge in [0.05, 0.1) is 24.6 Å². The molecule has 1 heterocycles. The summed E-state index contributed by atoms with van der Waals surface area (Å²) in [5, 5.41) is 11.7. The summed E-state index contributed by atoms with van der Waals surface area (Å²) in [7, 11) is 1.44. The van der Waals surface area contributed by atoms with Crippen LogP contribution in [0.1, 0.15) is 21.5 Å². The molecule has 1 amide bonds. The predicted molar refractivity (Wildman–Crippen MR) is 122 cm³/mol. The van der Waals surface area contributed by atoms with Crippen LogP contribution in [0.25, 0.3) is 0 Å². The number of nitrogens with two attached hydrogens (primary N) is 1. The van der Waals surface area contributed by atoms with Gasteiger partial charge in [-0.3, -0.25) is 34.2 Å². The highest BCUT2D eigenvalue weighted by molar-refractivity contribution is 6.09. The van der Waals surface area contributed by atoms with E-state index in [-0.39, 0.29) is 48.0 Å². The predicted octanol–water partition coefficient (Wildman–Crippen LogP) is 1.83. The van der Waals surface area contributed by atoms with Gasteiger partial charge < -0.3 is 10.5 Å². The minimum absolute atomic E-state index is 0.0307. The van der Waals surface area contributed by atoms with Gasteiger partial charge in [-0.15, -0.1) is 0 Å². The smallest absolute Gasteiger partial charge is 0.330 e. The Labute approximate surface area is 188 Å². The first-order chi connectivity index (χ1) is 15.8. The Morgan fingerprint density at radius 2 is 1.88 bits per heavy atom. The van der Waals surface area contributed by atoms with Crippen LogP contribution in [0.3, 0.4) is 0 Å². The Morgan fingerprint density at radius 3 is 2.52 bits per heavy atom. The van der Waals surface area contributed by atoms with Gasteiger partial charge in [0.25, 0.3) is 17.2 Å². The van der Waals surface area contributed by atoms with Crippen molar-refractivity contribution in [2.24, 2.45) is 0 Å². The number of nitrogens with zero attached hydrogens (tertiary/aromatic N) is 3. The average Bonchev–Trinajstić information content (AvgIpc) is 2.78. The molecule has 0 atom stereocenters. The summed E-state index contributed by atoms with van der Waals surface area (Å²) in [6.07, 6.45) is 0. The summed E-state index contributed by atoms with van der Waals surface area (Å²) in [5.74, 6) is -1.05. The van der Waals surface area contributed by atoms with E-state index in [0.717, 1.165) is 9.47 Å². The second kappa shape index (κ2) is 9.92. The van der Waals surface area contributed by atoms with Crippen LogP contribution in [-0.2, 0) is 17.8 Å². The lowest BCUT2D eigenvalue weighted by atomic mass is 10.1. The molecule has 0 aliphatic heterocycles. The lowest BCUT2D eigenvalue weighted by Gasteiger charge is -2.25. The van der Waals surface area contributed by atoms with Gasteiger partial charge in [-0.1, -0.05) is 42.5 Å². The fraction of sp³-hybridized carbons (Fsp3) is 0.227. The van der Waals surface area contributed by atoms with E-state index in [4.69, 9.17) is 10.5 Å². The monoisotopic (exact) mass is 453 g/mol. The molecule has 33 heavy (non-hydrogen) atoms. The number of ether oxygens (including phenoxy) is 1. The molecule has 0 saturated carbocycles. The number of amides is 1. The van der Waals surface area contributed by atoms with Gasteiger partial charge in [0.1, 0.15) is 11.4 Å². The van der Waals surface area contributed by atoms with Crippen LogP contribution >= 0.6 is 0 Å². The van der Waals surface area contributed by atoms with E-state index < -0.39 is 22.1 Å². The van der Waals surface area contributed by atoms with Crippen molar-refractivity contribution in [3.05, 3.63) is 96.2 Å². The topological polar surface area (TPSA) is 154 Å². The van der Waals surface area contributed by atoms with Gasteiger partial charge in [0, 0.05) is 12.7 Å². The molecule has 0 aliphatic carbocycles. The number of rotatable bonds is 8. The standard InChI is InChI=1S/C22H23N5O6/c1-14-7-6-10-16(17(14)27(31)32)21(29)26(13-15-8-4-3-5-9-15)18-19(23)25(11-12-33-2)22(30)24-20(18)28/h3-10H,11-13,23H2,1-2H3,(H,24,28,30). The van der Waals surface area contributed by atoms with Crippen LogP contribution in [0, 0.1) is 17.0 Å². The maximum Gasteiger partial charge on any atom is 0.330 e. The van der Waals surface area contributed by atoms with E-state index in [0.29, 0.717) is 5.56 Å². The number of nitrogens with one attached hydrogen (secondary N) is 1. The van der Waals surface area contributed by atoms with E-state index in [1.54, 1.807) is 30.3 Å². The molecular weight excluding hydrogens is 430 g/mol. The maximum absolute atomic E-state index is 13.6. The average molecular weight is 453 g/mol. The molecule has 0 spiro atoms. The second-order valence-electron chi connectivity index (χ2n) is 7.24. The molecule has 0 saturated heterocycles. The molecule has 0 fully saturated rings. The molecule has 0 radical (unpaired) electrons. The summed E-state index contributed by atoms with van der Waals surface area (Å²) in [4.78, 5) is 53.1. The number of hydrogen-bond donors (Lipinski definition) is 2.